The molecular weight excluding hydrogens is 313 g/mol. The molecule has 0 heterocycles. The van der Waals surface area contributed by atoms with Crippen molar-refractivity contribution in [1.29, 1.82) is 0 Å². The Labute approximate surface area is 141 Å². The number of benzene rings is 2. The van der Waals surface area contributed by atoms with Crippen LogP contribution in [0.1, 0.15) is 22.3 Å². The Morgan fingerprint density at radius 3 is 2.48 bits per heavy atom. The molecular formula is C18H20FNO2S. The highest BCUT2D eigenvalue weighted by Gasteiger charge is 2.13. The third kappa shape index (κ3) is 4.20. The highest BCUT2D eigenvalue weighted by molar-refractivity contribution is 7.80. The van der Waals surface area contributed by atoms with Gasteiger partial charge < -0.3 is 14.8 Å². The third-order valence-electron chi connectivity index (χ3n) is 3.65. The molecule has 0 fully saturated rings. The van der Waals surface area contributed by atoms with Gasteiger partial charge in [-0.2, -0.15) is 0 Å². The first kappa shape index (κ1) is 17.2. The van der Waals surface area contributed by atoms with E-state index in [0.29, 0.717) is 11.3 Å². The summed E-state index contributed by atoms with van der Waals surface area (Å²) in [6.45, 7) is 6.10. The number of halogens is 1. The smallest absolute Gasteiger partial charge is 0.261 e. The lowest BCUT2D eigenvalue weighted by atomic mass is 10.1. The zero-order valence-electron chi connectivity index (χ0n) is 13.7. The van der Waals surface area contributed by atoms with Crippen LogP contribution in [-0.4, -0.2) is 12.2 Å². The fourth-order valence-corrected chi connectivity index (χ4v) is 2.25. The maximum Gasteiger partial charge on any atom is 0.261 e. The minimum Gasteiger partial charge on any atom is -0.488 e. The molecule has 0 saturated carbocycles. The van der Waals surface area contributed by atoms with E-state index in [-0.39, 0.29) is 17.6 Å². The van der Waals surface area contributed by atoms with Crippen LogP contribution in [-0.2, 0) is 6.61 Å². The van der Waals surface area contributed by atoms with E-state index in [1.807, 2.05) is 26.8 Å². The SMILES string of the molecule is CNC(=S)Oc1cccc(F)c1COc1cc(C)c(C)cc1C. The van der Waals surface area contributed by atoms with E-state index in [2.05, 4.69) is 11.4 Å². The molecule has 0 aliphatic heterocycles. The zero-order chi connectivity index (χ0) is 17.0. The lowest BCUT2D eigenvalue weighted by Gasteiger charge is -2.15. The molecule has 0 radical (unpaired) electrons. The minimum atomic E-state index is -0.386. The average molecular weight is 333 g/mol. The van der Waals surface area contributed by atoms with Gasteiger partial charge in [-0.05, 0) is 67.9 Å². The number of ether oxygens (including phenoxy) is 2. The number of hydrogen-bond donors (Lipinski definition) is 1. The summed E-state index contributed by atoms with van der Waals surface area (Å²) in [6.07, 6.45) is 0. The quantitative estimate of drug-likeness (QED) is 0.849. The molecule has 0 aliphatic carbocycles. The summed E-state index contributed by atoms with van der Waals surface area (Å²) >= 11 is 4.97. The first-order valence-corrected chi connectivity index (χ1v) is 7.70. The summed E-state index contributed by atoms with van der Waals surface area (Å²) in [7, 11) is 1.65. The van der Waals surface area contributed by atoms with E-state index in [1.165, 1.54) is 11.6 Å². The second-order valence-electron chi connectivity index (χ2n) is 5.35. The molecule has 2 aromatic carbocycles. The van der Waals surface area contributed by atoms with Gasteiger partial charge in [-0.15, -0.1) is 0 Å². The van der Waals surface area contributed by atoms with Crippen molar-refractivity contribution in [3.63, 3.8) is 0 Å². The van der Waals surface area contributed by atoms with Crippen LogP contribution in [0.4, 0.5) is 4.39 Å². The standard InChI is InChI=1S/C18H20FNO2S/c1-11-8-13(3)17(9-12(11)2)21-10-14-15(19)6-5-7-16(14)22-18(23)20-4/h5-9H,10H2,1-4H3,(H,20,23). The number of aryl methyl sites for hydroxylation is 3. The van der Waals surface area contributed by atoms with Gasteiger partial charge in [-0.3, -0.25) is 0 Å². The highest BCUT2D eigenvalue weighted by Crippen LogP contribution is 2.27. The van der Waals surface area contributed by atoms with Crippen molar-refractivity contribution in [2.75, 3.05) is 7.05 Å². The Bertz CT molecular complexity index is 731. The van der Waals surface area contributed by atoms with E-state index >= 15 is 0 Å². The van der Waals surface area contributed by atoms with Crippen molar-refractivity contribution in [2.24, 2.45) is 0 Å². The van der Waals surface area contributed by atoms with Gasteiger partial charge in [0, 0.05) is 7.05 Å². The first-order chi connectivity index (χ1) is 10.9. The van der Waals surface area contributed by atoms with Gasteiger partial charge in [0.25, 0.3) is 5.17 Å². The van der Waals surface area contributed by atoms with Gasteiger partial charge in [0.05, 0.1) is 5.56 Å². The van der Waals surface area contributed by atoms with Gasteiger partial charge in [0.1, 0.15) is 23.9 Å². The lowest BCUT2D eigenvalue weighted by Crippen LogP contribution is -2.22. The fraction of sp³-hybridized carbons (Fsp3) is 0.278. The van der Waals surface area contributed by atoms with Crippen molar-refractivity contribution in [2.45, 2.75) is 27.4 Å². The van der Waals surface area contributed by atoms with E-state index in [1.54, 1.807) is 19.2 Å². The number of thiocarbonyl (C=S) groups is 1. The summed E-state index contributed by atoms with van der Waals surface area (Å²) in [6, 6.07) is 8.64. The molecule has 0 saturated heterocycles. The van der Waals surface area contributed by atoms with E-state index in [4.69, 9.17) is 21.7 Å². The Kier molecular flexibility index (Phi) is 5.55. The molecule has 2 rings (SSSR count). The van der Waals surface area contributed by atoms with Gasteiger partial charge in [0.2, 0.25) is 0 Å². The minimum absolute atomic E-state index is 0.0671. The van der Waals surface area contributed by atoms with Crippen molar-refractivity contribution >= 4 is 17.4 Å². The van der Waals surface area contributed by atoms with Crippen molar-refractivity contribution in [1.82, 2.24) is 5.32 Å². The summed E-state index contributed by atoms with van der Waals surface area (Å²) in [4.78, 5) is 0. The molecule has 122 valence electrons. The average Bonchev–Trinajstić information content (AvgIpc) is 2.51. The number of nitrogens with one attached hydrogen (secondary N) is 1. The summed E-state index contributed by atoms with van der Waals surface area (Å²) in [5, 5.41) is 2.88. The van der Waals surface area contributed by atoms with Crippen molar-refractivity contribution in [3.8, 4) is 11.5 Å². The maximum absolute atomic E-state index is 14.1. The summed E-state index contributed by atoms with van der Waals surface area (Å²) in [5.74, 6) is 0.701. The monoisotopic (exact) mass is 333 g/mol. The lowest BCUT2D eigenvalue weighted by molar-refractivity contribution is 0.292. The molecule has 23 heavy (non-hydrogen) atoms. The van der Waals surface area contributed by atoms with E-state index < -0.39 is 0 Å². The molecule has 0 spiro atoms. The third-order valence-corrected chi connectivity index (χ3v) is 3.93. The van der Waals surface area contributed by atoms with Gasteiger partial charge in [-0.25, -0.2) is 4.39 Å². The predicted molar refractivity (Wildman–Crippen MR) is 93.7 cm³/mol. The highest BCUT2D eigenvalue weighted by atomic mass is 32.1. The molecule has 0 aromatic heterocycles. The second kappa shape index (κ2) is 7.42. The van der Waals surface area contributed by atoms with Crippen LogP contribution in [0.5, 0.6) is 11.5 Å². The molecule has 0 atom stereocenters. The maximum atomic E-state index is 14.1. The Balaban J connectivity index is 2.23. The largest absolute Gasteiger partial charge is 0.488 e. The molecule has 3 nitrogen and oxygen atoms in total. The van der Waals surface area contributed by atoms with Crippen LogP contribution in [0.15, 0.2) is 30.3 Å². The van der Waals surface area contributed by atoms with Gasteiger partial charge in [0.15, 0.2) is 0 Å². The topological polar surface area (TPSA) is 30.5 Å². The van der Waals surface area contributed by atoms with Crippen LogP contribution in [0.25, 0.3) is 0 Å². The van der Waals surface area contributed by atoms with Gasteiger partial charge >= 0.3 is 0 Å². The Morgan fingerprint density at radius 2 is 1.78 bits per heavy atom. The van der Waals surface area contributed by atoms with Crippen LogP contribution in [0.2, 0.25) is 0 Å². The number of hydrogen-bond acceptors (Lipinski definition) is 3. The number of rotatable bonds is 4. The molecule has 0 amide bonds. The molecule has 0 bridgehead atoms. The van der Waals surface area contributed by atoms with Crippen molar-refractivity contribution in [3.05, 3.63) is 58.4 Å². The predicted octanol–water partition coefficient (Wildman–Crippen LogP) is 4.21. The summed E-state index contributed by atoms with van der Waals surface area (Å²) in [5.41, 5.74) is 3.68. The zero-order valence-corrected chi connectivity index (χ0v) is 14.5. The van der Waals surface area contributed by atoms with Crippen LogP contribution in [0.3, 0.4) is 0 Å². The van der Waals surface area contributed by atoms with Crippen LogP contribution >= 0.6 is 12.2 Å². The fourth-order valence-electron chi connectivity index (χ4n) is 2.16. The Morgan fingerprint density at radius 1 is 1.09 bits per heavy atom. The Hall–Kier alpha value is -2.14. The van der Waals surface area contributed by atoms with E-state index in [9.17, 15) is 4.39 Å². The molecule has 1 N–H and O–H groups in total. The van der Waals surface area contributed by atoms with Crippen molar-refractivity contribution < 1.29 is 13.9 Å². The second-order valence-corrected chi connectivity index (χ2v) is 5.72. The summed E-state index contributed by atoms with van der Waals surface area (Å²) < 4.78 is 25.4. The van der Waals surface area contributed by atoms with E-state index in [0.717, 1.165) is 16.9 Å². The van der Waals surface area contributed by atoms with Gasteiger partial charge in [-0.1, -0.05) is 12.1 Å². The first-order valence-electron chi connectivity index (χ1n) is 7.30. The molecule has 0 unspecified atom stereocenters. The molecule has 5 heteroatoms. The normalized spacial score (nSPS) is 10.3. The molecule has 2 aromatic rings. The van der Waals surface area contributed by atoms with Crippen LogP contribution < -0.4 is 14.8 Å². The molecule has 0 aliphatic rings. The van der Waals surface area contributed by atoms with Crippen LogP contribution in [0, 0.1) is 26.6 Å².